The first-order valence-corrected chi connectivity index (χ1v) is 6.87. The van der Waals surface area contributed by atoms with Crippen molar-refractivity contribution in [2.75, 3.05) is 13.1 Å². The molecule has 1 rings (SSSR count). The topological polar surface area (TPSA) is 69.6 Å². The predicted octanol–water partition coefficient (Wildman–Crippen LogP) is 1.87. The van der Waals surface area contributed by atoms with E-state index >= 15 is 0 Å². The maximum absolute atomic E-state index is 13.6. The number of nitrogens with one attached hydrogen (secondary N) is 1. The van der Waals surface area contributed by atoms with Gasteiger partial charge in [0, 0.05) is 12.6 Å². The molecule has 6 heteroatoms. The minimum atomic E-state index is -1.29. The molecule has 21 heavy (non-hydrogen) atoms. The van der Waals surface area contributed by atoms with Crippen LogP contribution >= 0.6 is 0 Å². The lowest BCUT2D eigenvalue weighted by molar-refractivity contribution is -0.122. The van der Waals surface area contributed by atoms with E-state index in [0.717, 1.165) is 0 Å². The standard InChI is InChI=1S/C15H21FN2O3/c1-4-18(9-14(19)17-10(2)3)8-11-5-6-12(15(20)21)13(16)7-11/h5-7,10H,4,8-9H2,1-3H3,(H,17,19)(H,20,21). The molecule has 0 unspecified atom stereocenters. The van der Waals surface area contributed by atoms with Gasteiger partial charge in [-0.25, -0.2) is 9.18 Å². The fourth-order valence-corrected chi connectivity index (χ4v) is 1.94. The van der Waals surface area contributed by atoms with E-state index in [-0.39, 0.29) is 24.1 Å². The van der Waals surface area contributed by atoms with Crippen molar-refractivity contribution in [3.63, 3.8) is 0 Å². The lowest BCUT2D eigenvalue weighted by Gasteiger charge is -2.21. The first-order valence-electron chi connectivity index (χ1n) is 6.87. The first kappa shape index (κ1) is 17.1. The third-order valence-corrected chi connectivity index (χ3v) is 2.93. The summed E-state index contributed by atoms with van der Waals surface area (Å²) in [6.07, 6.45) is 0. The summed E-state index contributed by atoms with van der Waals surface area (Å²) in [7, 11) is 0. The van der Waals surface area contributed by atoms with Gasteiger partial charge in [0.1, 0.15) is 5.82 Å². The fraction of sp³-hybridized carbons (Fsp3) is 0.467. The quantitative estimate of drug-likeness (QED) is 0.806. The third kappa shape index (κ3) is 5.51. The molecule has 0 aliphatic rings. The largest absolute Gasteiger partial charge is 0.478 e. The molecule has 1 aromatic rings. The van der Waals surface area contributed by atoms with Gasteiger partial charge in [-0.05, 0) is 38.1 Å². The molecule has 0 spiro atoms. The normalized spacial score (nSPS) is 11.0. The van der Waals surface area contributed by atoms with Crippen LogP contribution in [0.25, 0.3) is 0 Å². The van der Waals surface area contributed by atoms with Crippen LogP contribution in [-0.2, 0) is 11.3 Å². The molecule has 116 valence electrons. The van der Waals surface area contributed by atoms with Crippen LogP contribution in [0.5, 0.6) is 0 Å². The Kier molecular flexibility index (Phi) is 6.30. The number of carboxylic acid groups (broad SMARTS) is 1. The number of hydrogen-bond donors (Lipinski definition) is 2. The van der Waals surface area contributed by atoms with E-state index < -0.39 is 11.8 Å². The van der Waals surface area contributed by atoms with Crippen molar-refractivity contribution in [2.45, 2.75) is 33.4 Å². The van der Waals surface area contributed by atoms with Crippen LogP contribution in [0.15, 0.2) is 18.2 Å². The molecule has 0 radical (unpaired) electrons. The molecule has 0 aromatic heterocycles. The van der Waals surface area contributed by atoms with Crippen LogP contribution in [0.1, 0.15) is 36.7 Å². The minimum Gasteiger partial charge on any atom is -0.478 e. The Bertz CT molecular complexity index is 518. The van der Waals surface area contributed by atoms with Gasteiger partial charge in [-0.1, -0.05) is 13.0 Å². The van der Waals surface area contributed by atoms with Crippen LogP contribution in [0, 0.1) is 5.82 Å². The van der Waals surface area contributed by atoms with Gasteiger partial charge in [0.25, 0.3) is 0 Å². The lowest BCUT2D eigenvalue weighted by Crippen LogP contribution is -2.39. The molecule has 0 aliphatic carbocycles. The number of hydrogen-bond acceptors (Lipinski definition) is 3. The van der Waals surface area contributed by atoms with Gasteiger partial charge in [0.15, 0.2) is 0 Å². The highest BCUT2D eigenvalue weighted by atomic mass is 19.1. The Morgan fingerprint density at radius 3 is 2.52 bits per heavy atom. The zero-order chi connectivity index (χ0) is 16.0. The number of benzene rings is 1. The number of carboxylic acids is 1. The number of carbonyl (C=O) groups excluding carboxylic acids is 1. The van der Waals surface area contributed by atoms with Gasteiger partial charge >= 0.3 is 5.97 Å². The lowest BCUT2D eigenvalue weighted by atomic mass is 10.1. The van der Waals surface area contributed by atoms with Gasteiger partial charge in [0.05, 0.1) is 12.1 Å². The molecular formula is C15H21FN2O3. The molecule has 0 aliphatic heterocycles. The highest BCUT2D eigenvalue weighted by molar-refractivity contribution is 5.87. The van der Waals surface area contributed by atoms with Crippen LogP contribution in [0.4, 0.5) is 4.39 Å². The Hall–Kier alpha value is -1.95. The maximum atomic E-state index is 13.6. The summed E-state index contributed by atoms with van der Waals surface area (Å²) >= 11 is 0. The third-order valence-electron chi connectivity index (χ3n) is 2.93. The number of amides is 1. The zero-order valence-corrected chi connectivity index (χ0v) is 12.5. The number of aromatic carboxylic acids is 1. The highest BCUT2D eigenvalue weighted by Gasteiger charge is 2.14. The molecular weight excluding hydrogens is 275 g/mol. The molecule has 5 nitrogen and oxygen atoms in total. The van der Waals surface area contributed by atoms with E-state index in [9.17, 15) is 14.0 Å². The summed E-state index contributed by atoms with van der Waals surface area (Å²) in [4.78, 5) is 24.3. The Labute approximate surface area is 123 Å². The van der Waals surface area contributed by atoms with E-state index in [1.165, 1.54) is 12.1 Å². The summed E-state index contributed by atoms with van der Waals surface area (Å²) in [5.74, 6) is -2.14. The Morgan fingerprint density at radius 1 is 1.38 bits per heavy atom. The molecule has 0 fully saturated rings. The summed E-state index contributed by atoms with van der Waals surface area (Å²) in [5, 5.41) is 11.6. The summed E-state index contributed by atoms with van der Waals surface area (Å²) in [6, 6.07) is 4.08. The van der Waals surface area contributed by atoms with Crippen LogP contribution in [0.3, 0.4) is 0 Å². The smallest absolute Gasteiger partial charge is 0.338 e. The second-order valence-corrected chi connectivity index (χ2v) is 5.14. The second-order valence-electron chi connectivity index (χ2n) is 5.14. The van der Waals surface area contributed by atoms with Gasteiger partial charge < -0.3 is 10.4 Å². The average molecular weight is 296 g/mol. The van der Waals surface area contributed by atoms with Gasteiger partial charge in [-0.2, -0.15) is 0 Å². The van der Waals surface area contributed by atoms with E-state index in [4.69, 9.17) is 5.11 Å². The maximum Gasteiger partial charge on any atom is 0.338 e. The van der Waals surface area contributed by atoms with Gasteiger partial charge in [-0.3, -0.25) is 9.69 Å². The number of halogens is 1. The monoisotopic (exact) mass is 296 g/mol. The van der Waals surface area contributed by atoms with E-state index in [1.807, 2.05) is 25.7 Å². The van der Waals surface area contributed by atoms with Crippen LogP contribution in [-0.4, -0.2) is 41.0 Å². The SMILES string of the molecule is CCN(CC(=O)NC(C)C)Cc1ccc(C(=O)O)c(F)c1. The molecule has 0 bridgehead atoms. The molecule has 1 amide bonds. The average Bonchev–Trinajstić information content (AvgIpc) is 2.36. The zero-order valence-electron chi connectivity index (χ0n) is 12.5. The predicted molar refractivity (Wildman–Crippen MR) is 77.6 cm³/mol. The van der Waals surface area contributed by atoms with E-state index in [1.54, 1.807) is 6.07 Å². The molecule has 0 heterocycles. The first-order chi connectivity index (χ1) is 9.83. The number of carbonyl (C=O) groups is 2. The van der Waals surface area contributed by atoms with Crippen molar-refractivity contribution < 1.29 is 19.1 Å². The van der Waals surface area contributed by atoms with Crippen molar-refractivity contribution in [3.05, 3.63) is 35.1 Å². The summed E-state index contributed by atoms with van der Waals surface area (Å²) in [5.41, 5.74) is 0.288. The number of likely N-dealkylation sites (N-methyl/N-ethyl adjacent to an activating group) is 1. The van der Waals surface area contributed by atoms with E-state index in [2.05, 4.69) is 5.32 Å². The summed E-state index contributed by atoms with van der Waals surface area (Å²) < 4.78 is 13.6. The van der Waals surface area contributed by atoms with Crippen molar-refractivity contribution in [1.29, 1.82) is 0 Å². The minimum absolute atomic E-state index is 0.0727. The molecule has 0 atom stereocenters. The highest BCUT2D eigenvalue weighted by Crippen LogP contribution is 2.12. The van der Waals surface area contributed by atoms with Crippen molar-refractivity contribution in [1.82, 2.24) is 10.2 Å². The van der Waals surface area contributed by atoms with E-state index in [0.29, 0.717) is 18.7 Å². The van der Waals surface area contributed by atoms with Gasteiger partial charge in [-0.15, -0.1) is 0 Å². The Balaban J connectivity index is 2.71. The van der Waals surface area contributed by atoms with Crippen LogP contribution in [0.2, 0.25) is 0 Å². The summed E-state index contributed by atoms with van der Waals surface area (Å²) in [6.45, 7) is 6.91. The number of nitrogens with zero attached hydrogens (tertiary/aromatic N) is 1. The van der Waals surface area contributed by atoms with Crippen molar-refractivity contribution in [2.24, 2.45) is 0 Å². The fourth-order valence-electron chi connectivity index (χ4n) is 1.94. The number of rotatable bonds is 7. The molecule has 1 aromatic carbocycles. The van der Waals surface area contributed by atoms with Gasteiger partial charge in [0.2, 0.25) is 5.91 Å². The van der Waals surface area contributed by atoms with Crippen molar-refractivity contribution >= 4 is 11.9 Å². The van der Waals surface area contributed by atoms with Crippen molar-refractivity contribution in [3.8, 4) is 0 Å². The molecule has 0 saturated carbocycles. The Morgan fingerprint density at radius 2 is 2.05 bits per heavy atom. The second kappa shape index (κ2) is 7.73. The molecule has 0 saturated heterocycles. The molecule has 2 N–H and O–H groups in total. The van der Waals surface area contributed by atoms with Crippen LogP contribution < -0.4 is 5.32 Å².